The fourth-order valence-corrected chi connectivity index (χ4v) is 4.33. The number of hydrogen-bond donors (Lipinski definition) is 1. The minimum Gasteiger partial charge on any atom is -0.490 e. The number of ether oxygens (including phenoxy) is 5. The smallest absolute Gasteiger partial charge is 0.336 e. The van der Waals surface area contributed by atoms with Gasteiger partial charge in [-0.15, -0.1) is 0 Å². The van der Waals surface area contributed by atoms with Gasteiger partial charge in [-0.1, -0.05) is 41.9 Å². The summed E-state index contributed by atoms with van der Waals surface area (Å²) in [4.78, 5) is 12.9. The maximum atomic E-state index is 12.9. The highest BCUT2D eigenvalue weighted by Crippen LogP contribution is 2.41. The molecule has 2 unspecified atom stereocenters. The predicted octanol–water partition coefficient (Wildman–Crippen LogP) is 4.51. The van der Waals surface area contributed by atoms with E-state index >= 15 is 0 Å². The first-order valence-electron chi connectivity index (χ1n) is 12.0. The minimum absolute atomic E-state index is 0.128. The Morgan fingerprint density at radius 3 is 2.51 bits per heavy atom. The maximum absolute atomic E-state index is 12.9. The highest BCUT2D eigenvalue weighted by atomic mass is 35.5. The van der Waals surface area contributed by atoms with Gasteiger partial charge in [0.2, 0.25) is 0 Å². The number of hydrogen-bond acceptors (Lipinski definition) is 8. The summed E-state index contributed by atoms with van der Waals surface area (Å²) in [5.41, 5.74) is 2.53. The van der Waals surface area contributed by atoms with Gasteiger partial charge in [-0.05, 0) is 30.7 Å². The number of halogens is 1. The van der Waals surface area contributed by atoms with Gasteiger partial charge in [0.1, 0.15) is 12.7 Å². The second-order valence-electron chi connectivity index (χ2n) is 8.58. The number of methoxy groups -OCH3 is 1. The van der Waals surface area contributed by atoms with Crippen LogP contribution in [0.15, 0.2) is 71.1 Å². The number of benzene rings is 2. The third-order valence-electron chi connectivity index (χ3n) is 6.00. The van der Waals surface area contributed by atoms with E-state index < -0.39 is 11.9 Å². The van der Waals surface area contributed by atoms with Crippen molar-refractivity contribution in [1.82, 2.24) is 5.32 Å². The van der Waals surface area contributed by atoms with Crippen molar-refractivity contribution in [3.8, 4) is 17.6 Å². The van der Waals surface area contributed by atoms with Gasteiger partial charge in [0.05, 0.1) is 62.4 Å². The average Bonchev–Trinajstić information content (AvgIpc) is 3.74. The Hall–Kier alpha value is -3.51. The number of rotatable bonds is 12. The second-order valence-corrected chi connectivity index (χ2v) is 8.99. The van der Waals surface area contributed by atoms with Crippen molar-refractivity contribution < 1.29 is 28.5 Å². The number of allylic oxidation sites excluding steroid dienone is 2. The zero-order chi connectivity index (χ0) is 26.2. The lowest BCUT2D eigenvalue weighted by Gasteiger charge is -2.30. The summed E-state index contributed by atoms with van der Waals surface area (Å²) in [5, 5.41) is 13.5. The Balaban J connectivity index is 1.39. The Morgan fingerprint density at radius 1 is 1.14 bits per heavy atom. The normalized spacial score (nSPS) is 18.6. The molecule has 2 heterocycles. The number of epoxide rings is 1. The number of nitriles is 1. The Bertz CT molecular complexity index is 1230. The average molecular weight is 525 g/mol. The lowest BCUT2D eigenvalue weighted by atomic mass is 9.81. The summed E-state index contributed by atoms with van der Waals surface area (Å²) < 4.78 is 27.8. The van der Waals surface area contributed by atoms with Crippen molar-refractivity contribution >= 4 is 17.6 Å². The Labute approximate surface area is 221 Å². The number of nitrogens with one attached hydrogen (secondary N) is 1. The van der Waals surface area contributed by atoms with Crippen molar-refractivity contribution in [2.45, 2.75) is 25.4 Å². The van der Waals surface area contributed by atoms with Crippen molar-refractivity contribution in [3.63, 3.8) is 0 Å². The summed E-state index contributed by atoms with van der Waals surface area (Å²) in [7, 11) is 1.31. The molecule has 2 aromatic carbocycles. The standard InChI is InChI=1S/C28H29ClN2O6/c1-18-21(14-30)26(20-8-3-4-9-22(20)29)27(28(32)33-2)23(31-18)17-34-12-7-13-35-24-10-5-6-11-25(24)37-16-19-15-36-19/h3-6,8-11,19,26,31H,7,12-13,15-17H2,1-2H3. The summed E-state index contributed by atoms with van der Waals surface area (Å²) >= 11 is 6.46. The van der Waals surface area contributed by atoms with E-state index in [4.69, 9.17) is 35.3 Å². The number of nitrogens with zero attached hydrogens (tertiary/aromatic N) is 1. The molecule has 8 nitrogen and oxygen atoms in total. The van der Waals surface area contributed by atoms with Crippen LogP contribution in [0.2, 0.25) is 5.02 Å². The molecule has 194 valence electrons. The minimum atomic E-state index is -0.660. The van der Waals surface area contributed by atoms with Gasteiger partial charge >= 0.3 is 5.97 Å². The highest BCUT2D eigenvalue weighted by molar-refractivity contribution is 6.31. The molecule has 2 aromatic rings. The van der Waals surface area contributed by atoms with Crippen LogP contribution in [0.1, 0.15) is 24.8 Å². The number of para-hydroxylation sites is 2. The van der Waals surface area contributed by atoms with Crippen LogP contribution >= 0.6 is 11.6 Å². The quantitative estimate of drug-likeness (QED) is 0.246. The highest BCUT2D eigenvalue weighted by Gasteiger charge is 2.36. The molecule has 0 bridgehead atoms. The van der Waals surface area contributed by atoms with Crippen LogP contribution < -0.4 is 14.8 Å². The van der Waals surface area contributed by atoms with Crippen LogP contribution in [0.25, 0.3) is 0 Å². The van der Waals surface area contributed by atoms with Gasteiger partial charge in [0.15, 0.2) is 11.5 Å². The van der Waals surface area contributed by atoms with E-state index in [1.807, 2.05) is 30.3 Å². The number of carbonyl (C=O) groups excluding carboxylic acids is 1. The monoisotopic (exact) mass is 524 g/mol. The van der Waals surface area contributed by atoms with E-state index in [9.17, 15) is 10.1 Å². The molecule has 0 spiro atoms. The zero-order valence-corrected chi connectivity index (χ0v) is 21.5. The molecule has 37 heavy (non-hydrogen) atoms. The molecule has 1 saturated heterocycles. The summed E-state index contributed by atoms with van der Waals surface area (Å²) in [5.74, 6) is 0.138. The van der Waals surface area contributed by atoms with E-state index in [0.717, 1.165) is 6.61 Å². The van der Waals surface area contributed by atoms with Crippen LogP contribution in [0.4, 0.5) is 0 Å². The third-order valence-corrected chi connectivity index (χ3v) is 6.34. The molecule has 9 heteroatoms. The molecule has 2 atom stereocenters. The molecule has 0 radical (unpaired) electrons. The van der Waals surface area contributed by atoms with Gasteiger partial charge in [0, 0.05) is 17.1 Å². The van der Waals surface area contributed by atoms with Gasteiger partial charge in [-0.2, -0.15) is 5.26 Å². The topological polar surface area (TPSA) is 102 Å². The fourth-order valence-electron chi connectivity index (χ4n) is 4.08. The predicted molar refractivity (Wildman–Crippen MR) is 137 cm³/mol. The molecule has 0 aliphatic carbocycles. The molecule has 0 saturated carbocycles. The van der Waals surface area contributed by atoms with Gasteiger partial charge in [-0.25, -0.2) is 4.79 Å². The van der Waals surface area contributed by atoms with E-state index in [2.05, 4.69) is 11.4 Å². The molecular weight excluding hydrogens is 496 g/mol. The van der Waals surface area contributed by atoms with Crippen molar-refractivity contribution in [1.29, 1.82) is 5.26 Å². The number of carbonyl (C=O) groups is 1. The molecule has 0 aromatic heterocycles. The molecule has 1 fully saturated rings. The Kier molecular flexibility index (Phi) is 9.07. The van der Waals surface area contributed by atoms with Crippen LogP contribution in [0.5, 0.6) is 11.5 Å². The lowest BCUT2D eigenvalue weighted by Crippen LogP contribution is -2.31. The van der Waals surface area contributed by atoms with E-state index in [1.54, 1.807) is 25.1 Å². The van der Waals surface area contributed by atoms with Crippen LogP contribution in [-0.4, -0.2) is 52.2 Å². The van der Waals surface area contributed by atoms with Crippen LogP contribution in [-0.2, 0) is 19.0 Å². The first-order valence-corrected chi connectivity index (χ1v) is 12.4. The fraction of sp³-hybridized carbons (Fsp3) is 0.357. The Morgan fingerprint density at radius 2 is 1.84 bits per heavy atom. The van der Waals surface area contributed by atoms with Crippen LogP contribution in [0.3, 0.4) is 0 Å². The number of esters is 1. The summed E-state index contributed by atoms with van der Waals surface area (Å²) in [6, 6.07) is 16.9. The van der Waals surface area contributed by atoms with Crippen LogP contribution in [0, 0.1) is 11.3 Å². The second kappa shape index (κ2) is 12.6. The van der Waals surface area contributed by atoms with Gasteiger partial charge in [-0.3, -0.25) is 0 Å². The first kappa shape index (κ1) is 26.6. The molecule has 2 aliphatic heterocycles. The first-order chi connectivity index (χ1) is 18.0. The number of dihydropyridines is 1. The SMILES string of the molecule is COC(=O)C1=C(COCCCOc2ccccc2OCC2CO2)NC(C)=C(C#N)C1c1ccccc1Cl. The van der Waals surface area contributed by atoms with Gasteiger partial charge in [0.25, 0.3) is 0 Å². The molecular formula is C28H29ClN2O6. The van der Waals surface area contributed by atoms with Gasteiger partial charge < -0.3 is 29.0 Å². The van der Waals surface area contributed by atoms with E-state index in [1.165, 1.54) is 7.11 Å². The van der Waals surface area contributed by atoms with Crippen molar-refractivity contribution in [2.24, 2.45) is 0 Å². The van der Waals surface area contributed by atoms with Crippen molar-refractivity contribution in [2.75, 3.05) is 40.1 Å². The largest absolute Gasteiger partial charge is 0.490 e. The van der Waals surface area contributed by atoms with E-state index in [0.29, 0.717) is 70.9 Å². The molecule has 1 N–H and O–H groups in total. The maximum Gasteiger partial charge on any atom is 0.336 e. The summed E-state index contributed by atoms with van der Waals surface area (Å²) in [6.07, 6.45) is 0.784. The molecule has 4 rings (SSSR count). The van der Waals surface area contributed by atoms with Crippen molar-refractivity contribution in [3.05, 3.63) is 81.7 Å². The molecule has 0 amide bonds. The van der Waals surface area contributed by atoms with E-state index in [-0.39, 0.29) is 12.7 Å². The molecule has 2 aliphatic rings. The summed E-state index contributed by atoms with van der Waals surface area (Å²) in [6.45, 7) is 3.97. The zero-order valence-electron chi connectivity index (χ0n) is 20.8. The lowest BCUT2D eigenvalue weighted by molar-refractivity contribution is -0.136. The third kappa shape index (κ3) is 6.63.